The van der Waals surface area contributed by atoms with E-state index in [0.29, 0.717) is 22.7 Å². The first-order chi connectivity index (χ1) is 19.3. The summed E-state index contributed by atoms with van der Waals surface area (Å²) in [4.78, 5) is 56.3. The van der Waals surface area contributed by atoms with Crippen molar-refractivity contribution in [3.05, 3.63) is 107 Å². The molecule has 0 aromatic heterocycles. The lowest BCUT2D eigenvalue weighted by molar-refractivity contribution is -0.128. The van der Waals surface area contributed by atoms with E-state index >= 15 is 0 Å². The summed E-state index contributed by atoms with van der Waals surface area (Å²) in [5.74, 6) is -4.17. The lowest BCUT2D eigenvalue weighted by Crippen LogP contribution is -2.53. The Bertz CT molecular complexity index is 1620. The number of amides is 4. The molecule has 0 radical (unpaired) electrons. The van der Waals surface area contributed by atoms with Crippen molar-refractivity contribution in [2.75, 3.05) is 4.90 Å². The quantitative estimate of drug-likeness (QED) is 0.368. The summed E-state index contributed by atoms with van der Waals surface area (Å²) >= 11 is 6.29. The predicted molar refractivity (Wildman–Crippen MR) is 147 cm³/mol. The summed E-state index contributed by atoms with van der Waals surface area (Å²) in [5, 5.41) is 13.0. The van der Waals surface area contributed by atoms with Crippen molar-refractivity contribution < 1.29 is 24.3 Å². The average molecular weight is 553 g/mol. The van der Waals surface area contributed by atoms with Crippen LogP contribution in [0.4, 0.5) is 5.69 Å². The lowest BCUT2D eigenvalue weighted by Gasteiger charge is -2.50. The molecule has 2 heterocycles. The minimum Gasteiger partial charge on any atom is -0.508 e. The molecular weight excluding hydrogens is 528 g/mol. The smallest absolute Gasteiger partial charge is 0.246 e. The molecule has 3 aromatic rings. The summed E-state index contributed by atoms with van der Waals surface area (Å²) in [6, 6.07) is 22.7. The molecule has 2 aliphatic carbocycles. The highest BCUT2D eigenvalue weighted by Crippen LogP contribution is 2.64. The van der Waals surface area contributed by atoms with Crippen molar-refractivity contribution in [3.63, 3.8) is 0 Å². The third kappa shape index (κ3) is 3.30. The number of phenolic OH excluding ortho intramolecular Hbond substituents is 1. The highest BCUT2D eigenvalue weighted by molar-refractivity contribution is 6.32. The van der Waals surface area contributed by atoms with Gasteiger partial charge in [0, 0.05) is 10.9 Å². The molecule has 1 saturated carbocycles. The third-order valence-corrected chi connectivity index (χ3v) is 9.47. The predicted octanol–water partition coefficient (Wildman–Crippen LogP) is 4.50. The number of aromatic hydroxyl groups is 1. The molecule has 0 bridgehead atoms. The van der Waals surface area contributed by atoms with Gasteiger partial charge >= 0.3 is 0 Å². The highest BCUT2D eigenvalue weighted by atomic mass is 35.5. The minimum absolute atomic E-state index is 0.0780. The number of halogens is 1. The molecule has 3 fully saturated rings. The number of allylic oxidation sites excluding steroid dienone is 2. The standard InChI is InChI=1S/C32H25ClN2O5/c33-19-7-4-8-20(15-19)35-30(39)25-16-24-22(13-14-23-26(24)29(38)34-28(23)37)27(17-9-11-21(36)12-10-17)32(25,31(35)40)18-5-2-1-3-6-18/h1-13,15,23-27,36H,14,16H2,(H,34,37,38). The second kappa shape index (κ2) is 8.89. The van der Waals surface area contributed by atoms with E-state index in [-0.39, 0.29) is 35.8 Å². The first-order valence-electron chi connectivity index (χ1n) is 13.4. The van der Waals surface area contributed by atoms with Gasteiger partial charge in [-0.25, -0.2) is 4.90 Å². The maximum absolute atomic E-state index is 14.9. The number of hydrogen-bond acceptors (Lipinski definition) is 5. The molecule has 6 unspecified atom stereocenters. The topological polar surface area (TPSA) is 104 Å². The van der Waals surface area contributed by atoms with Gasteiger partial charge in [0.15, 0.2) is 0 Å². The first-order valence-corrected chi connectivity index (χ1v) is 13.7. The molecule has 6 atom stereocenters. The largest absolute Gasteiger partial charge is 0.508 e. The molecule has 4 amide bonds. The van der Waals surface area contributed by atoms with E-state index in [9.17, 15) is 24.3 Å². The lowest BCUT2D eigenvalue weighted by atomic mass is 9.49. The summed E-state index contributed by atoms with van der Waals surface area (Å²) in [6.07, 6.45) is 2.62. The van der Waals surface area contributed by atoms with E-state index in [1.165, 1.54) is 4.90 Å². The van der Waals surface area contributed by atoms with Crippen LogP contribution in [0.3, 0.4) is 0 Å². The van der Waals surface area contributed by atoms with Crippen molar-refractivity contribution in [3.8, 4) is 5.75 Å². The fraction of sp³-hybridized carbons (Fsp3) is 0.250. The van der Waals surface area contributed by atoms with Gasteiger partial charge in [-0.05, 0) is 60.2 Å². The van der Waals surface area contributed by atoms with E-state index in [1.54, 1.807) is 48.5 Å². The second-order valence-corrected chi connectivity index (χ2v) is 11.5. The zero-order chi connectivity index (χ0) is 27.8. The van der Waals surface area contributed by atoms with Crippen LogP contribution in [-0.2, 0) is 24.6 Å². The molecule has 2 N–H and O–H groups in total. The van der Waals surface area contributed by atoms with E-state index in [1.807, 2.05) is 36.4 Å². The van der Waals surface area contributed by atoms with Crippen molar-refractivity contribution in [1.29, 1.82) is 0 Å². The number of rotatable bonds is 3. The molecule has 0 spiro atoms. The number of fused-ring (bicyclic) bond motifs is 4. The number of phenols is 1. The van der Waals surface area contributed by atoms with Gasteiger partial charge < -0.3 is 5.11 Å². The molecule has 4 aliphatic rings. The highest BCUT2D eigenvalue weighted by Gasteiger charge is 2.69. The van der Waals surface area contributed by atoms with Crippen LogP contribution in [0.1, 0.15) is 29.9 Å². The zero-order valence-corrected chi connectivity index (χ0v) is 22.0. The van der Waals surface area contributed by atoms with Crippen LogP contribution >= 0.6 is 11.6 Å². The Labute approximate surface area is 235 Å². The van der Waals surface area contributed by atoms with Crippen LogP contribution in [-0.4, -0.2) is 28.7 Å². The van der Waals surface area contributed by atoms with Gasteiger partial charge in [0.05, 0.1) is 28.9 Å². The van der Waals surface area contributed by atoms with Crippen LogP contribution in [0, 0.1) is 23.7 Å². The van der Waals surface area contributed by atoms with Gasteiger partial charge in [0.2, 0.25) is 23.6 Å². The summed E-state index contributed by atoms with van der Waals surface area (Å²) in [7, 11) is 0. The van der Waals surface area contributed by atoms with Crippen molar-refractivity contribution in [1.82, 2.24) is 5.32 Å². The Morgan fingerprint density at radius 3 is 2.35 bits per heavy atom. The molecule has 2 saturated heterocycles. The van der Waals surface area contributed by atoms with Crippen LogP contribution in [0.25, 0.3) is 0 Å². The Kier molecular flexibility index (Phi) is 5.51. The monoisotopic (exact) mass is 552 g/mol. The normalized spacial score (nSPS) is 30.9. The van der Waals surface area contributed by atoms with E-state index in [2.05, 4.69) is 5.32 Å². The van der Waals surface area contributed by atoms with Crippen molar-refractivity contribution in [2.24, 2.45) is 23.7 Å². The second-order valence-electron chi connectivity index (χ2n) is 11.0. The van der Waals surface area contributed by atoms with E-state index in [4.69, 9.17) is 11.6 Å². The minimum atomic E-state index is -1.31. The van der Waals surface area contributed by atoms with Crippen LogP contribution in [0.2, 0.25) is 5.02 Å². The number of nitrogens with one attached hydrogen (secondary N) is 1. The number of anilines is 1. The number of hydrogen-bond donors (Lipinski definition) is 2. The van der Waals surface area contributed by atoms with Gasteiger partial charge in [-0.2, -0.15) is 0 Å². The Morgan fingerprint density at radius 1 is 0.875 bits per heavy atom. The summed E-state index contributed by atoms with van der Waals surface area (Å²) in [6.45, 7) is 0. The average Bonchev–Trinajstić information content (AvgIpc) is 3.37. The molecule has 200 valence electrons. The number of nitrogens with zero attached hydrogens (tertiary/aromatic N) is 1. The van der Waals surface area contributed by atoms with Gasteiger partial charge in [0.1, 0.15) is 5.75 Å². The van der Waals surface area contributed by atoms with Gasteiger partial charge in [-0.15, -0.1) is 0 Å². The fourth-order valence-corrected chi connectivity index (χ4v) is 7.88. The molecule has 3 aromatic carbocycles. The third-order valence-electron chi connectivity index (χ3n) is 9.24. The van der Waals surface area contributed by atoms with Gasteiger partial charge in [-0.1, -0.05) is 71.8 Å². The van der Waals surface area contributed by atoms with E-state index < -0.39 is 35.0 Å². The SMILES string of the molecule is O=C1NC(=O)C2C1CC=C1C2CC2C(=O)N(c3cccc(Cl)c3)C(=O)C2(c2ccccc2)C1c1ccc(O)cc1. The number of imide groups is 2. The number of carbonyl (C=O) groups excluding carboxylic acids is 4. The zero-order valence-electron chi connectivity index (χ0n) is 21.3. The Morgan fingerprint density at radius 2 is 1.62 bits per heavy atom. The van der Waals surface area contributed by atoms with Gasteiger partial charge in [-0.3, -0.25) is 24.5 Å². The van der Waals surface area contributed by atoms with Crippen LogP contribution in [0.5, 0.6) is 5.75 Å². The molecule has 8 heteroatoms. The Balaban J connectivity index is 1.51. The molecule has 40 heavy (non-hydrogen) atoms. The van der Waals surface area contributed by atoms with Crippen LogP contribution in [0.15, 0.2) is 90.5 Å². The maximum Gasteiger partial charge on any atom is 0.246 e. The Hall–Kier alpha value is -4.23. The van der Waals surface area contributed by atoms with Crippen molar-refractivity contribution >= 4 is 40.9 Å². The fourth-order valence-electron chi connectivity index (χ4n) is 7.70. The van der Waals surface area contributed by atoms with E-state index in [0.717, 1.165) is 11.1 Å². The van der Waals surface area contributed by atoms with Crippen molar-refractivity contribution in [2.45, 2.75) is 24.2 Å². The molecule has 7 nitrogen and oxygen atoms in total. The first kappa shape index (κ1) is 24.8. The van der Waals surface area contributed by atoms with Crippen LogP contribution < -0.4 is 10.2 Å². The number of benzene rings is 3. The number of carbonyl (C=O) groups is 4. The summed E-state index contributed by atoms with van der Waals surface area (Å²) in [5.41, 5.74) is 1.41. The molecular formula is C32H25ClN2O5. The van der Waals surface area contributed by atoms with Gasteiger partial charge in [0.25, 0.3) is 0 Å². The maximum atomic E-state index is 14.9. The molecule has 2 aliphatic heterocycles. The summed E-state index contributed by atoms with van der Waals surface area (Å²) < 4.78 is 0. The molecule has 7 rings (SSSR count).